The number of fused-ring (bicyclic) bond motifs is 1. The molecule has 0 N–H and O–H groups in total. The minimum Gasteiger partial charge on any atom is -0.433 e. The summed E-state index contributed by atoms with van der Waals surface area (Å²) in [6.07, 6.45) is -0.811. The molecule has 0 fully saturated rings. The Morgan fingerprint density at radius 1 is 1.43 bits per heavy atom. The molecule has 0 amide bonds. The van der Waals surface area contributed by atoms with Crippen molar-refractivity contribution in [3.8, 4) is 0 Å². The van der Waals surface area contributed by atoms with Crippen LogP contribution in [0.4, 0.5) is 10.5 Å². The number of hydrogen-bond acceptors (Lipinski definition) is 5. The van der Waals surface area contributed by atoms with Gasteiger partial charge in [0.25, 0.3) is 0 Å². The lowest BCUT2D eigenvalue weighted by molar-refractivity contribution is 0.0426. The number of rotatable bonds is 4. The molecule has 2 rings (SSSR count). The summed E-state index contributed by atoms with van der Waals surface area (Å²) < 4.78 is 5.02. The standard InChI is InChI=1S/C13H16N4O3Si/c1-14-10-5-6-12-11(9-10)15-16-17(12)20-13(18)19-7-8-21(2,3)4/h5-6,9H,7-8H2,2-4H3. The number of benzene rings is 1. The first kappa shape index (κ1) is 15.0. The Bertz CT molecular complexity index is 699. The van der Waals surface area contributed by atoms with Crippen LogP contribution < -0.4 is 4.84 Å². The molecule has 1 heterocycles. The van der Waals surface area contributed by atoms with Crippen molar-refractivity contribution in [2.24, 2.45) is 0 Å². The van der Waals surface area contributed by atoms with Crippen LogP contribution >= 0.6 is 0 Å². The van der Waals surface area contributed by atoms with Crippen molar-refractivity contribution in [3.63, 3.8) is 0 Å². The van der Waals surface area contributed by atoms with Crippen LogP contribution in [-0.4, -0.2) is 36.0 Å². The molecule has 21 heavy (non-hydrogen) atoms. The van der Waals surface area contributed by atoms with Crippen LogP contribution in [0.15, 0.2) is 18.2 Å². The van der Waals surface area contributed by atoms with Gasteiger partial charge >= 0.3 is 6.16 Å². The normalized spacial score (nSPS) is 11.1. The quantitative estimate of drug-likeness (QED) is 0.376. The first-order valence-corrected chi connectivity index (χ1v) is 10.2. The van der Waals surface area contributed by atoms with Gasteiger partial charge in [-0.05, 0) is 23.4 Å². The lowest BCUT2D eigenvalue weighted by Gasteiger charge is -2.14. The van der Waals surface area contributed by atoms with Gasteiger partial charge in [-0.15, -0.1) is 5.10 Å². The minimum absolute atomic E-state index is 0.336. The van der Waals surface area contributed by atoms with E-state index in [4.69, 9.17) is 16.1 Å². The van der Waals surface area contributed by atoms with Crippen LogP contribution in [0.2, 0.25) is 25.7 Å². The molecule has 110 valence electrons. The average Bonchev–Trinajstić information content (AvgIpc) is 2.79. The zero-order valence-corrected chi connectivity index (χ0v) is 13.2. The molecule has 0 aliphatic carbocycles. The fourth-order valence-corrected chi connectivity index (χ4v) is 2.28. The predicted octanol–water partition coefficient (Wildman–Crippen LogP) is 2.89. The molecule has 1 aromatic heterocycles. The van der Waals surface area contributed by atoms with Crippen molar-refractivity contribution in [2.45, 2.75) is 25.7 Å². The van der Waals surface area contributed by atoms with Crippen LogP contribution in [0.25, 0.3) is 15.9 Å². The molecule has 0 spiro atoms. The average molecular weight is 304 g/mol. The van der Waals surface area contributed by atoms with Gasteiger partial charge in [-0.2, -0.15) is 0 Å². The van der Waals surface area contributed by atoms with Crippen LogP contribution in [0.5, 0.6) is 0 Å². The number of hydrogen-bond donors (Lipinski definition) is 0. The van der Waals surface area contributed by atoms with Gasteiger partial charge in [-0.3, -0.25) is 4.84 Å². The van der Waals surface area contributed by atoms with Crippen LogP contribution in [0.3, 0.4) is 0 Å². The van der Waals surface area contributed by atoms with E-state index in [0.717, 1.165) is 10.9 Å². The van der Waals surface area contributed by atoms with Gasteiger partial charge in [0.1, 0.15) is 11.0 Å². The maximum Gasteiger partial charge on any atom is 0.535 e. The van der Waals surface area contributed by atoms with Gasteiger partial charge in [-0.25, -0.2) is 9.64 Å². The zero-order valence-electron chi connectivity index (χ0n) is 12.2. The highest BCUT2D eigenvalue weighted by atomic mass is 28.3. The van der Waals surface area contributed by atoms with Gasteiger partial charge < -0.3 is 4.74 Å². The van der Waals surface area contributed by atoms with E-state index in [9.17, 15) is 4.79 Å². The second-order valence-electron chi connectivity index (χ2n) is 5.75. The van der Waals surface area contributed by atoms with Crippen molar-refractivity contribution in [3.05, 3.63) is 29.6 Å². The molecule has 0 saturated carbocycles. The summed E-state index contributed by atoms with van der Waals surface area (Å²) in [5.74, 6) is 0. The number of ether oxygens (including phenoxy) is 1. The molecule has 7 nitrogen and oxygen atoms in total. The summed E-state index contributed by atoms with van der Waals surface area (Å²) in [4.78, 5) is 20.9. The summed E-state index contributed by atoms with van der Waals surface area (Å²) in [5.41, 5.74) is 1.44. The van der Waals surface area contributed by atoms with E-state index in [0.29, 0.717) is 23.3 Å². The Morgan fingerprint density at radius 2 is 2.19 bits per heavy atom. The van der Waals surface area contributed by atoms with E-state index in [-0.39, 0.29) is 0 Å². The second-order valence-corrected chi connectivity index (χ2v) is 11.4. The van der Waals surface area contributed by atoms with E-state index in [1.807, 2.05) is 0 Å². The number of aromatic nitrogens is 3. The van der Waals surface area contributed by atoms with E-state index in [1.54, 1.807) is 18.2 Å². The Balaban J connectivity index is 2.00. The van der Waals surface area contributed by atoms with Gasteiger partial charge in [0.2, 0.25) is 0 Å². The van der Waals surface area contributed by atoms with Crippen molar-refractivity contribution < 1.29 is 14.4 Å². The molecule has 2 aromatic rings. The molecule has 0 radical (unpaired) electrons. The Kier molecular flexibility index (Phi) is 4.23. The molecular formula is C13H16N4O3Si. The van der Waals surface area contributed by atoms with E-state index in [1.165, 1.54) is 0 Å². The first-order chi connectivity index (χ1) is 9.89. The fraction of sp³-hybridized carbons (Fsp3) is 0.385. The summed E-state index contributed by atoms with van der Waals surface area (Å²) in [5, 5.41) is 7.56. The first-order valence-electron chi connectivity index (χ1n) is 6.47. The van der Waals surface area contributed by atoms with Gasteiger partial charge in [0.15, 0.2) is 5.69 Å². The van der Waals surface area contributed by atoms with E-state index >= 15 is 0 Å². The van der Waals surface area contributed by atoms with Gasteiger partial charge in [0, 0.05) is 8.07 Å². The van der Waals surface area contributed by atoms with Crippen molar-refractivity contribution >= 4 is 31.0 Å². The molecule has 1 aromatic carbocycles. The van der Waals surface area contributed by atoms with Crippen LogP contribution in [0, 0.1) is 6.57 Å². The highest BCUT2D eigenvalue weighted by molar-refractivity contribution is 6.76. The minimum atomic E-state index is -1.25. The number of carbonyl (C=O) groups is 1. The Labute approximate surface area is 123 Å². The highest BCUT2D eigenvalue weighted by Gasteiger charge is 2.16. The Morgan fingerprint density at radius 3 is 2.86 bits per heavy atom. The lowest BCUT2D eigenvalue weighted by Crippen LogP contribution is -2.26. The monoisotopic (exact) mass is 304 g/mol. The summed E-state index contributed by atoms with van der Waals surface area (Å²) in [7, 11) is -1.25. The topological polar surface area (TPSA) is 70.6 Å². The molecule has 0 aliphatic heterocycles. The van der Waals surface area contributed by atoms with Crippen molar-refractivity contribution in [2.75, 3.05) is 6.61 Å². The number of nitrogens with zero attached hydrogens (tertiary/aromatic N) is 4. The Hall–Kier alpha value is -2.40. The molecule has 0 aliphatic rings. The highest BCUT2D eigenvalue weighted by Crippen LogP contribution is 2.18. The lowest BCUT2D eigenvalue weighted by atomic mass is 10.3. The largest absolute Gasteiger partial charge is 0.535 e. The zero-order chi connectivity index (χ0) is 15.5. The van der Waals surface area contributed by atoms with E-state index < -0.39 is 14.2 Å². The molecule has 0 saturated heterocycles. The van der Waals surface area contributed by atoms with Crippen molar-refractivity contribution in [1.82, 2.24) is 15.2 Å². The van der Waals surface area contributed by atoms with Gasteiger partial charge in [-0.1, -0.05) is 30.6 Å². The third kappa shape index (κ3) is 4.03. The molecule has 0 atom stereocenters. The van der Waals surface area contributed by atoms with E-state index in [2.05, 4.69) is 34.8 Å². The third-order valence-electron chi connectivity index (χ3n) is 2.76. The smallest absolute Gasteiger partial charge is 0.433 e. The SMILES string of the molecule is [C-]#[N+]c1ccc2c(c1)nnn2OC(=O)OCC[Si](C)(C)C. The maximum atomic E-state index is 11.6. The molecule has 0 bridgehead atoms. The third-order valence-corrected chi connectivity index (χ3v) is 4.46. The summed E-state index contributed by atoms with van der Waals surface area (Å²) in [6, 6.07) is 5.67. The second kappa shape index (κ2) is 5.93. The van der Waals surface area contributed by atoms with Gasteiger partial charge in [0.05, 0.1) is 13.2 Å². The fourth-order valence-electron chi connectivity index (χ4n) is 1.57. The summed E-state index contributed by atoms with van der Waals surface area (Å²) >= 11 is 0. The number of carbonyl (C=O) groups excluding carboxylic acids is 1. The van der Waals surface area contributed by atoms with Crippen molar-refractivity contribution in [1.29, 1.82) is 0 Å². The molecule has 8 heteroatoms. The maximum absolute atomic E-state index is 11.6. The molecular weight excluding hydrogens is 288 g/mol. The van der Waals surface area contributed by atoms with Crippen LogP contribution in [0.1, 0.15) is 0 Å². The van der Waals surface area contributed by atoms with Crippen LogP contribution in [-0.2, 0) is 4.74 Å². The summed E-state index contributed by atoms with van der Waals surface area (Å²) in [6.45, 7) is 13.9. The molecule has 0 unspecified atom stereocenters. The predicted molar refractivity (Wildman–Crippen MR) is 79.9 cm³/mol.